The third-order valence-corrected chi connectivity index (χ3v) is 13.3. The first-order chi connectivity index (χ1) is 31.0. The lowest BCUT2D eigenvalue weighted by Gasteiger charge is -2.34. The Balaban J connectivity index is 1.25. The van der Waals surface area contributed by atoms with Crippen LogP contribution in [0, 0.1) is 0 Å². The fourth-order valence-corrected chi connectivity index (χ4v) is 9.97. The molecule has 310 valence electrons. The molecule has 0 bridgehead atoms. The van der Waals surface area contributed by atoms with E-state index in [2.05, 4.69) is 258 Å². The van der Waals surface area contributed by atoms with E-state index >= 15 is 0 Å². The zero-order valence-corrected chi connectivity index (χ0v) is 37.5. The van der Waals surface area contributed by atoms with Crippen LogP contribution < -0.4 is 9.80 Å². The third-order valence-electron chi connectivity index (χ3n) is 13.3. The van der Waals surface area contributed by atoms with Gasteiger partial charge in [-0.3, -0.25) is 0 Å². The molecule has 1 aliphatic carbocycles. The monoisotopic (exact) mass is 824 g/mol. The fourth-order valence-electron chi connectivity index (χ4n) is 9.97. The smallest absolute Gasteiger partial charge is 0.0544 e. The molecule has 0 aromatic heterocycles. The van der Waals surface area contributed by atoms with Crippen molar-refractivity contribution in [1.29, 1.82) is 0 Å². The minimum atomic E-state index is -0.157. The second kappa shape index (κ2) is 15.1. The van der Waals surface area contributed by atoms with Gasteiger partial charge in [0.2, 0.25) is 0 Å². The van der Waals surface area contributed by atoms with Gasteiger partial charge in [0.1, 0.15) is 0 Å². The Labute approximate surface area is 377 Å². The molecule has 64 heavy (non-hydrogen) atoms. The van der Waals surface area contributed by atoms with Gasteiger partial charge in [0.15, 0.2) is 0 Å². The van der Waals surface area contributed by atoms with Gasteiger partial charge in [-0.1, -0.05) is 187 Å². The van der Waals surface area contributed by atoms with Crippen LogP contribution in [0.1, 0.15) is 52.7 Å². The lowest BCUT2D eigenvalue weighted by molar-refractivity contribution is 0.589. The highest BCUT2D eigenvalue weighted by Crippen LogP contribution is 2.54. The molecule has 10 aromatic rings. The number of rotatable bonds is 7. The molecule has 0 saturated carbocycles. The first-order valence-electron chi connectivity index (χ1n) is 22.6. The largest absolute Gasteiger partial charge is 0.309 e. The van der Waals surface area contributed by atoms with Crippen LogP contribution >= 0.6 is 0 Å². The van der Waals surface area contributed by atoms with Crippen LogP contribution in [0.25, 0.3) is 65.7 Å². The standard InChI is InChI=1S/C62H52N2/c1-61(2,3)42-38-55-54(58(39-42)63(44-23-12-8-13-24-44)56-35-33-46(41-21-10-7-11-22-41)47-27-18-19-30-50(47)56)37-43(62(4,5)6)40-59(55)64(45-25-14-9-15-26-45)57-36-34-52-49-29-17-16-28-48(49)51-31-20-32-53(57)60(51)52/h7-40H,1-6H3. The van der Waals surface area contributed by atoms with Gasteiger partial charge >= 0.3 is 0 Å². The molecule has 0 aliphatic heterocycles. The number of benzene rings is 10. The minimum Gasteiger partial charge on any atom is -0.309 e. The van der Waals surface area contributed by atoms with E-state index in [9.17, 15) is 0 Å². The van der Waals surface area contributed by atoms with Crippen molar-refractivity contribution in [1.82, 2.24) is 0 Å². The van der Waals surface area contributed by atoms with E-state index in [1.807, 2.05) is 0 Å². The van der Waals surface area contributed by atoms with Crippen molar-refractivity contribution >= 4 is 66.4 Å². The van der Waals surface area contributed by atoms with Crippen LogP contribution in [0.5, 0.6) is 0 Å². The highest BCUT2D eigenvalue weighted by Gasteiger charge is 2.30. The molecule has 0 amide bonds. The molecule has 0 spiro atoms. The fraction of sp³-hybridized carbons (Fsp3) is 0.129. The number of fused-ring (bicyclic) bond motifs is 5. The molecule has 0 unspecified atom stereocenters. The second-order valence-corrected chi connectivity index (χ2v) is 19.4. The van der Waals surface area contributed by atoms with Crippen molar-refractivity contribution in [2.75, 3.05) is 9.80 Å². The molecule has 0 fully saturated rings. The van der Waals surface area contributed by atoms with Crippen LogP contribution in [0.4, 0.5) is 34.1 Å². The highest BCUT2D eigenvalue weighted by molar-refractivity contribution is 6.20. The third kappa shape index (κ3) is 6.56. The van der Waals surface area contributed by atoms with Crippen molar-refractivity contribution in [3.05, 3.63) is 217 Å². The van der Waals surface area contributed by atoms with Gasteiger partial charge in [0.05, 0.1) is 22.7 Å². The topological polar surface area (TPSA) is 6.48 Å². The lowest BCUT2D eigenvalue weighted by Crippen LogP contribution is -2.18. The summed E-state index contributed by atoms with van der Waals surface area (Å²) in [5, 5.41) is 7.40. The van der Waals surface area contributed by atoms with Crippen LogP contribution in [-0.2, 0) is 10.8 Å². The predicted octanol–water partition coefficient (Wildman–Crippen LogP) is 18.0. The molecule has 0 saturated heterocycles. The van der Waals surface area contributed by atoms with E-state index in [4.69, 9.17) is 0 Å². The minimum absolute atomic E-state index is 0.156. The highest BCUT2D eigenvalue weighted by atomic mass is 15.2. The Kier molecular flexibility index (Phi) is 9.33. The normalized spacial score (nSPS) is 12.2. The van der Waals surface area contributed by atoms with Gasteiger partial charge in [-0.2, -0.15) is 0 Å². The molecular formula is C62H52N2. The Morgan fingerprint density at radius 2 is 0.688 bits per heavy atom. The van der Waals surface area contributed by atoms with Crippen molar-refractivity contribution in [3.63, 3.8) is 0 Å². The average molecular weight is 825 g/mol. The van der Waals surface area contributed by atoms with Crippen LogP contribution in [0.15, 0.2) is 206 Å². The Bertz CT molecular complexity index is 3360. The van der Waals surface area contributed by atoms with Crippen molar-refractivity contribution in [2.45, 2.75) is 52.4 Å². The number of nitrogens with zero attached hydrogens (tertiary/aromatic N) is 2. The van der Waals surface area contributed by atoms with Gasteiger partial charge in [-0.05, 0) is 127 Å². The molecule has 2 heteroatoms. The molecule has 11 rings (SSSR count). The van der Waals surface area contributed by atoms with Gasteiger partial charge in [0.25, 0.3) is 0 Å². The molecule has 2 nitrogen and oxygen atoms in total. The van der Waals surface area contributed by atoms with Crippen LogP contribution in [-0.4, -0.2) is 0 Å². The summed E-state index contributed by atoms with van der Waals surface area (Å²) < 4.78 is 0. The summed E-state index contributed by atoms with van der Waals surface area (Å²) in [5.74, 6) is 0. The predicted molar refractivity (Wildman–Crippen MR) is 276 cm³/mol. The zero-order chi connectivity index (χ0) is 43.7. The molecule has 1 aliphatic rings. The molecule has 0 radical (unpaired) electrons. The molecular weight excluding hydrogens is 773 g/mol. The van der Waals surface area contributed by atoms with E-state index < -0.39 is 0 Å². The summed E-state index contributed by atoms with van der Waals surface area (Å²) in [6.07, 6.45) is 0. The van der Waals surface area contributed by atoms with E-state index in [-0.39, 0.29) is 10.8 Å². The number of anilines is 6. The Morgan fingerprint density at radius 1 is 0.281 bits per heavy atom. The summed E-state index contributed by atoms with van der Waals surface area (Å²) >= 11 is 0. The Morgan fingerprint density at radius 3 is 1.22 bits per heavy atom. The maximum Gasteiger partial charge on any atom is 0.0544 e. The summed E-state index contributed by atoms with van der Waals surface area (Å²) in [6, 6.07) is 76.6. The summed E-state index contributed by atoms with van der Waals surface area (Å²) in [6.45, 7) is 14.1. The number of para-hydroxylation sites is 2. The molecule has 0 heterocycles. The quantitative estimate of drug-likeness (QED) is 0.158. The average Bonchev–Trinajstić information content (AvgIpc) is 3.64. The number of hydrogen-bond donors (Lipinski definition) is 0. The van der Waals surface area contributed by atoms with Crippen LogP contribution in [0.3, 0.4) is 0 Å². The SMILES string of the molecule is CC(C)(C)c1cc(N(c2ccccc2)c2ccc3c4c(cccc24)-c2ccccc2-3)c2cc(C(C)(C)C)cc(N(c3ccccc3)c3ccc(-c4ccccc4)c4ccccc34)c2c1. The number of hydrogen-bond acceptors (Lipinski definition) is 2. The molecule has 10 aromatic carbocycles. The van der Waals surface area contributed by atoms with Crippen molar-refractivity contribution in [2.24, 2.45) is 0 Å². The zero-order valence-electron chi connectivity index (χ0n) is 37.5. The van der Waals surface area contributed by atoms with Crippen molar-refractivity contribution < 1.29 is 0 Å². The van der Waals surface area contributed by atoms with Crippen LogP contribution in [0.2, 0.25) is 0 Å². The van der Waals surface area contributed by atoms with E-state index in [0.717, 1.165) is 34.1 Å². The molecule has 0 N–H and O–H groups in total. The maximum atomic E-state index is 2.54. The van der Waals surface area contributed by atoms with Crippen molar-refractivity contribution in [3.8, 4) is 33.4 Å². The first-order valence-corrected chi connectivity index (χ1v) is 22.6. The van der Waals surface area contributed by atoms with Gasteiger partial charge in [-0.25, -0.2) is 0 Å². The van der Waals surface area contributed by atoms with E-state index in [0.29, 0.717) is 0 Å². The summed E-state index contributed by atoms with van der Waals surface area (Å²) in [4.78, 5) is 5.06. The molecule has 0 atom stereocenters. The van der Waals surface area contributed by atoms with E-state index in [1.54, 1.807) is 0 Å². The Hall–Kier alpha value is -7.42. The van der Waals surface area contributed by atoms with Gasteiger partial charge in [0, 0.05) is 32.9 Å². The van der Waals surface area contributed by atoms with E-state index in [1.165, 1.54) is 76.8 Å². The summed E-state index contributed by atoms with van der Waals surface area (Å²) in [5.41, 5.74) is 16.7. The summed E-state index contributed by atoms with van der Waals surface area (Å²) in [7, 11) is 0. The maximum absolute atomic E-state index is 2.54. The van der Waals surface area contributed by atoms with Gasteiger partial charge < -0.3 is 9.80 Å². The lowest BCUT2D eigenvalue weighted by atomic mass is 9.81. The second-order valence-electron chi connectivity index (χ2n) is 19.4. The van der Waals surface area contributed by atoms with Gasteiger partial charge in [-0.15, -0.1) is 0 Å². The first kappa shape index (κ1) is 39.4.